The maximum absolute atomic E-state index is 11.5. The second-order valence-corrected chi connectivity index (χ2v) is 5.06. The quantitative estimate of drug-likeness (QED) is 0.875. The number of rotatable bonds is 2. The molecule has 3 rings (SSSR count). The number of aromatic carboxylic acids is 1. The molecular weight excluding hydrogens is 244 g/mol. The Morgan fingerprint density at radius 2 is 2.00 bits per heavy atom. The highest BCUT2D eigenvalue weighted by Gasteiger charge is 2.22. The van der Waals surface area contributed by atoms with Crippen LogP contribution < -0.4 is 4.90 Å². The van der Waals surface area contributed by atoms with Gasteiger partial charge in [0.05, 0.1) is 18.8 Å². The molecule has 1 aromatic rings. The standard InChI is InChI=1S/C14H18N2O3/c17-14(18)11-9-13(16-5-1-2-6-16)15-12-4-8-19-7-3-10(11)12/h9H,1-8H2,(H,17,18). The van der Waals surface area contributed by atoms with Crippen LogP contribution in [0.15, 0.2) is 6.07 Å². The minimum atomic E-state index is -0.860. The highest BCUT2D eigenvalue weighted by Crippen LogP contribution is 2.25. The van der Waals surface area contributed by atoms with Gasteiger partial charge in [0.25, 0.3) is 0 Å². The molecule has 0 spiro atoms. The predicted molar refractivity (Wildman–Crippen MR) is 70.9 cm³/mol. The molecule has 0 saturated carbocycles. The summed E-state index contributed by atoms with van der Waals surface area (Å²) in [4.78, 5) is 18.3. The Bertz CT molecular complexity index is 496. The zero-order chi connectivity index (χ0) is 13.2. The molecule has 0 atom stereocenters. The molecule has 1 fully saturated rings. The van der Waals surface area contributed by atoms with Gasteiger partial charge in [-0.3, -0.25) is 0 Å². The van der Waals surface area contributed by atoms with E-state index < -0.39 is 5.97 Å². The van der Waals surface area contributed by atoms with E-state index in [9.17, 15) is 9.90 Å². The third-order valence-corrected chi connectivity index (χ3v) is 3.84. The third-order valence-electron chi connectivity index (χ3n) is 3.84. The Balaban J connectivity index is 2.05. The number of pyridine rings is 1. The lowest BCUT2D eigenvalue weighted by Gasteiger charge is -2.19. The second-order valence-electron chi connectivity index (χ2n) is 5.06. The van der Waals surface area contributed by atoms with Gasteiger partial charge >= 0.3 is 5.97 Å². The van der Waals surface area contributed by atoms with Crippen molar-refractivity contribution >= 4 is 11.8 Å². The number of carbonyl (C=O) groups is 1. The monoisotopic (exact) mass is 262 g/mol. The van der Waals surface area contributed by atoms with Gasteiger partial charge in [0.15, 0.2) is 0 Å². The predicted octanol–water partition coefficient (Wildman–Crippen LogP) is 1.50. The first-order valence-corrected chi connectivity index (χ1v) is 6.84. The molecule has 0 amide bonds. The van der Waals surface area contributed by atoms with Gasteiger partial charge < -0.3 is 14.7 Å². The molecular formula is C14H18N2O3. The fraction of sp³-hybridized carbons (Fsp3) is 0.571. The molecule has 5 heteroatoms. The van der Waals surface area contributed by atoms with Crippen LogP contribution in [0.3, 0.4) is 0 Å². The summed E-state index contributed by atoms with van der Waals surface area (Å²) >= 11 is 0. The number of fused-ring (bicyclic) bond motifs is 1. The van der Waals surface area contributed by atoms with E-state index in [2.05, 4.69) is 9.88 Å². The van der Waals surface area contributed by atoms with Gasteiger partial charge in [-0.05, 0) is 30.9 Å². The summed E-state index contributed by atoms with van der Waals surface area (Å²) in [6.45, 7) is 3.16. The number of hydrogen-bond donors (Lipinski definition) is 1. The number of ether oxygens (including phenoxy) is 1. The lowest BCUT2D eigenvalue weighted by Crippen LogP contribution is -2.21. The number of carboxylic acid groups (broad SMARTS) is 1. The van der Waals surface area contributed by atoms with Crippen LogP contribution >= 0.6 is 0 Å². The van der Waals surface area contributed by atoms with E-state index in [0.29, 0.717) is 31.6 Å². The Labute approximate surface area is 112 Å². The van der Waals surface area contributed by atoms with Crippen molar-refractivity contribution < 1.29 is 14.6 Å². The molecule has 0 radical (unpaired) electrons. The summed E-state index contributed by atoms with van der Waals surface area (Å²) in [5.41, 5.74) is 2.16. The highest BCUT2D eigenvalue weighted by molar-refractivity contribution is 5.90. The maximum Gasteiger partial charge on any atom is 0.336 e. The fourth-order valence-electron chi connectivity index (χ4n) is 2.84. The topological polar surface area (TPSA) is 62.7 Å². The highest BCUT2D eigenvalue weighted by atomic mass is 16.5. The van der Waals surface area contributed by atoms with Crippen molar-refractivity contribution in [1.82, 2.24) is 4.98 Å². The van der Waals surface area contributed by atoms with E-state index in [0.717, 1.165) is 43.0 Å². The van der Waals surface area contributed by atoms with Gasteiger partial charge in [0.1, 0.15) is 5.82 Å². The van der Waals surface area contributed by atoms with Gasteiger partial charge in [0, 0.05) is 25.2 Å². The minimum Gasteiger partial charge on any atom is -0.478 e. The molecule has 102 valence electrons. The number of aromatic nitrogens is 1. The van der Waals surface area contributed by atoms with E-state index in [4.69, 9.17) is 4.74 Å². The molecule has 19 heavy (non-hydrogen) atoms. The molecule has 1 aromatic heterocycles. The third kappa shape index (κ3) is 2.42. The van der Waals surface area contributed by atoms with E-state index in [-0.39, 0.29) is 0 Å². The molecule has 2 aliphatic heterocycles. The van der Waals surface area contributed by atoms with Crippen LogP contribution in [0.4, 0.5) is 5.82 Å². The smallest absolute Gasteiger partial charge is 0.336 e. The Morgan fingerprint density at radius 3 is 2.74 bits per heavy atom. The van der Waals surface area contributed by atoms with Crippen molar-refractivity contribution in [3.05, 3.63) is 22.9 Å². The summed E-state index contributed by atoms with van der Waals surface area (Å²) < 4.78 is 5.43. The SMILES string of the molecule is O=C(O)c1cc(N2CCCC2)nc2c1CCOCC2. The lowest BCUT2D eigenvalue weighted by molar-refractivity contribution is 0.0695. The Kier molecular flexibility index (Phi) is 3.38. The van der Waals surface area contributed by atoms with Crippen LogP contribution in [0.5, 0.6) is 0 Å². The average Bonchev–Trinajstić information content (AvgIpc) is 2.83. The zero-order valence-corrected chi connectivity index (χ0v) is 10.9. The maximum atomic E-state index is 11.5. The Morgan fingerprint density at radius 1 is 1.26 bits per heavy atom. The second kappa shape index (κ2) is 5.17. The first kappa shape index (κ1) is 12.4. The molecule has 5 nitrogen and oxygen atoms in total. The number of nitrogens with zero attached hydrogens (tertiary/aromatic N) is 2. The normalized spacial score (nSPS) is 19.1. The molecule has 0 bridgehead atoms. The van der Waals surface area contributed by atoms with Gasteiger partial charge in [-0.2, -0.15) is 0 Å². The molecule has 3 heterocycles. The summed E-state index contributed by atoms with van der Waals surface area (Å²) in [5, 5.41) is 9.41. The number of hydrogen-bond acceptors (Lipinski definition) is 4. The summed E-state index contributed by atoms with van der Waals surface area (Å²) in [7, 11) is 0. The van der Waals surface area contributed by atoms with Crippen molar-refractivity contribution in [2.45, 2.75) is 25.7 Å². The first-order valence-electron chi connectivity index (χ1n) is 6.84. The van der Waals surface area contributed by atoms with Gasteiger partial charge in [-0.15, -0.1) is 0 Å². The van der Waals surface area contributed by atoms with Crippen molar-refractivity contribution in [3.8, 4) is 0 Å². The summed E-state index contributed by atoms with van der Waals surface area (Å²) in [6.07, 6.45) is 3.66. The van der Waals surface area contributed by atoms with Gasteiger partial charge in [-0.1, -0.05) is 0 Å². The van der Waals surface area contributed by atoms with Crippen LogP contribution in [0, 0.1) is 0 Å². The average molecular weight is 262 g/mol. The number of anilines is 1. The van der Waals surface area contributed by atoms with Crippen molar-refractivity contribution in [1.29, 1.82) is 0 Å². The van der Waals surface area contributed by atoms with Crippen molar-refractivity contribution in [2.24, 2.45) is 0 Å². The number of carboxylic acids is 1. The van der Waals surface area contributed by atoms with Gasteiger partial charge in [-0.25, -0.2) is 9.78 Å². The van der Waals surface area contributed by atoms with E-state index in [1.54, 1.807) is 6.07 Å². The van der Waals surface area contributed by atoms with Crippen molar-refractivity contribution in [2.75, 3.05) is 31.2 Å². The van der Waals surface area contributed by atoms with Crippen LogP contribution in [0.25, 0.3) is 0 Å². The van der Waals surface area contributed by atoms with Crippen LogP contribution in [-0.2, 0) is 17.6 Å². The van der Waals surface area contributed by atoms with Crippen LogP contribution in [0.1, 0.15) is 34.5 Å². The summed E-state index contributed by atoms with van der Waals surface area (Å²) in [5.74, 6) is -0.0449. The molecule has 1 saturated heterocycles. The lowest BCUT2D eigenvalue weighted by atomic mass is 10.0. The van der Waals surface area contributed by atoms with Crippen LogP contribution in [0.2, 0.25) is 0 Å². The first-order chi connectivity index (χ1) is 9.25. The minimum absolute atomic E-state index is 0.400. The molecule has 0 aromatic carbocycles. The fourth-order valence-corrected chi connectivity index (χ4v) is 2.84. The Hall–Kier alpha value is -1.62. The summed E-state index contributed by atoms with van der Waals surface area (Å²) in [6, 6.07) is 1.73. The van der Waals surface area contributed by atoms with E-state index in [1.165, 1.54) is 0 Å². The molecule has 1 N–H and O–H groups in total. The van der Waals surface area contributed by atoms with E-state index in [1.807, 2.05) is 0 Å². The van der Waals surface area contributed by atoms with Crippen molar-refractivity contribution in [3.63, 3.8) is 0 Å². The largest absolute Gasteiger partial charge is 0.478 e. The van der Waals surface area contributed by atoms with Gasteiger partial charge in [0.2, 0.25) is 0 Å². The zero-order valence-electron chi connectivity index (χ0n) is 10.9. The van der Waals surface area contributed by atoms with Crippen LogP contribution in [-0.4, -0.2) is 42.4 Å². The molecule has 2 aliphatic rings. The van der Waals surface area contributed by atoms with E-state index >= 15 is 0 Å². The molecule has 0 unspecified atom stereocenters. The molecule has 0 aliphatic carbocycles.